The van der Waals surface area contributed by atoms with E-state index in [1.54, 1.807) is 20.8 Å². The number of carbonyl (C=O) groups is 1. The number of anilines is 1. The molecule has 0 spiro atoms. The lowest BCUT2D eigenvalue weighted by Crippen LogP contribution is -2.27. The first-order chi connectivity index (χ1) is 8.31. The van der Waals surface area contributed by atoms with Crippen molar-refractivity contribution in [3.8, 4) is 5.75 Å². The van der Waals surface area contributed by atoms with Gasteiger partial charge in [-0.3, -0.25) is 5.32 Å². The number of hydrogen-bond donors (Lipinski definition) is 1. The number of aromatic nitrogens is 1. The molecule has 0 aliphatic carbocycles. The Kier molecular flexibility index (Phi) is 4.78. The molecule has 1 aromatic rings. The monoisotopic (exact) mass is 272 g/mol. The molecule has 0 unspecified atom stereocenters. The van der Waals surface area contributed by atoms with Crippen molar-refractivity contribution in [2.75, 3.05) is 11.9 Å². The molecular weight excluding hydrogens is 256 g/mol. The third kappa shape index (κ3) is 4.79. The van der Waals surface area contributed by atoms with Crippen molar-refractivity contribution in [2.45, 2.75) is 33.3 Å². The van der Waals surface area contributed by atoms with Crippen molar-refractivity contribution in [2.24, 2.45) is 0 Å². The largest absolute Gasteiger partial charge is 0.491 e. The molecule has 0 bridgehead atoms. The Morgan fingerprint density at radius 2 is 2.17 bits per heavy atom. The maximum Gasteiger partial charge on any atom is 0.413 e. The van der Waals surface area contributed by atoms with E-state index in [0.29, 0.717) is 23.2 Å². The maximum atomic E-state index is 11.5. The summed E-state index contributed by atoms with van der Waals surface area (Å²) in [5, 5.41) is 2.88. The molecule has 18 heavy (non-hydrogen) atoms. The summed E-state index contributed by atoms with van der Waals surface area (Å²) in [7, 11) is 0. The Morgan fingerprint density at radius 1 is 1.50 bits per heavy atom. The summed E-state index contributed by atoms with van der Waals surface area (Å²) in [5.41, 5.74) is -0.556. The number of rotatable bonds is 3. The number of pyridine rings is 1. The van der Waals surface area contributed by atoms with E-state index in [0.717, 1.165) is 0 Å². The molecule has 1 rings (SSSR count). The van der Waals surface area contributed by atoms with Gasteiger partial charge in [0.1, 0.15) is 11.4 Å². The Hall–Kier alpha value is -1.49. The van der Waals surface area contributed by atoms with E-state index in [2.05, 4.69) is 10.3 Å². The van der Waals surface area contributed by atoms with Crippen molar-refractivity contribution in [1.29, 1.82) is 0 Å². The Morgan fingerprint density at radius 3 is 2.67 bits per heavy atom. The van der Waals surface area contributed by atoms with Gasteiger partial charge in [-0.05, 0) is 27.7 Å². The second kappa shape index (κ2) is 5.91. The van der Waals surface area contributed by atoms with Gasteiger partial charge in [0.15, 0.2) is 5.75 Å². The molecule has 6 heteroatoms. The fraction of sp³-hybridized carbons (Fsp3) is 0.500. The molecule has 1 amide bonds. The van der Waals surface area contributed by atoms with Crippen LogP contribution in [0.15, 0.2) is 12.3 Å². The predicted molar refractivity (Wildman–Crippen MR) is 70.3 cm³/mol. The van der Waals surface area contributed by atoms with Crippen molar-refractivity contribution in [3.63, 3.8) is 0 Å². The lowest BCUT2D eigenvalue weighted by molar-refractivity contribution is 0.0635. The molecule has 0 fully saturated rings. The van der Waals surface area contributed by atoms with E-state index < -0.39 is 11.7 Å². The smallest absolute Gasteiger partial charge is 0.413 e. The minimum absolute atomic E-state index is 0.317. The summed E-state index contributed by atoms with van der Waals surface area (Å²) in [6.07, 6.45) is 0.883. The van der Waals surface area contributed by atoms with E-state index in [1.807, 2.05) is 6.92 Å². The van der Waals surface area contributed by atoms with E-state index in [1.165, 1.54) is 12.3 Å². The number of nitrogens with zero attached hydrogens (tertiary/aromatic N) is 1. The molecule has 5 nitrogen and oxygen atoms in total. The fourth-order valence-electron chi connectivity index (χ4n) is 1.16. The number of carbonyl (C=O) groups excluding carboxylic acids is 1. The van der Waals surface area contributed by atoms with Gasteiger partial charge in [-0.25, -0.2) is 9.78 Å². The van der Waals surface area contributed by atoms with Crippen molar-refractivity contribution in [1.82, 2.24) is 4.98 Å². The quantitative estimate of drug-likeness (QED) is 0.915. The normalized spacial score (nSPS) is 10.9. The Labute approximate surface area is 111 Å². The highest BCUT2D eigenvalue weighted by atomic mass is 35.5. The zero-order valence-corrected chi connectivity index (χ0v) is 11.7. The maximum absolute atomic E-state index is 11.5. The summed E-state index contributed by atoms with van der Waals surface area (Å²) in [5.74, 6) is 0.798. The van der Waals surface area contributed by atoms with Gasteiger partial charge in [0.05, 0.1) is 17.8 Å². The lowest BCUT2D eigenvalue weighted by Gasteiger charge is -2.19. The minimum atomic E-state index is -0.574. The van der Waals surface area contributed by atoms with Gasteiger partial charge in [-0.1, -0.05) is 11.6 Å². The highest BCUT2D eigenvalue weighted by molar-refractivity contribution is 6.32. The molecule has 0 aromatic carbocycles. The summed E-state index contributed by atoms with van der Waals surface area (Å²) in [4.78, 5) is 15.5. The van der Waals surface area contributed by atoms with Gasteiger partial charge in [0, 0.05) is 6.07 Å². The standard InChI is InChI=1S/C12H17ClN2O3/c1-5-17-9-7-14-10(6-8(9)13)15-11(16)18-12(2,3)4/h6-7H,5H2,1-4H3,(H,14,15,16). The van der Waals surface area contributed by atoms with Crippen LogP contribution in [0, 0.1) is 0 Å². The second-order valence-electron chi connectivity index (χ2n) is 4.56. The van der Waals surface area contributed by atoms with Crippen LogP contribution >= 0.6 is 11.6 Å². The van der Waals surface area contributed by atoms with Crippen LogP contribution in [0.3, 0.4) is 0 Å². The molecule has 0 aliphatic heterocycles. The van der Waals surface area contributed by atoms with Crippen molar-refractivity contribution < 1.29 is 14.3 Å². The Bertz CT molecular complexity index is 430. The molecule has 0 atom stereocenters. The van der Waals surface area contributed by atoms with Gasteiger partial charge in [0.2, 0.25) is 0 Å². The molecule has 0 aliphatic rings. The third-order valence-electron chi connectivity index (χ3n) is 1.75. The number of halogens is 1. The zero-order valence-electron chi connectivity index (χ0n) is 10.9. The van der Waals surface area contributed by atoms with Crippen LogP contribution in [0.2, 0.25) is 5.02 Å². The van der Waals surface area contributed by atoms with Crippen molar-refractivity contribution >= 4 is 23.5 Å². The fourth-order valence-corrected chi connectivity index (χ4v) is 1.36. The molecule has 1 aromatic heterocycles. The zero-order chi connectivity index (χ0) is 13.8. The third-order valence-corrected chi connectivity index (χ3v) is 2.04. The van der Waals surface area contributed by atoms with E-state index in [4.69, 9.17) is 21.1 Å². The molecule has 1 N–H and O–H groups in total. The summed E-state index contributed by atoms with van der Waals surface area (Å²) >= 11 is 5.97. The molecule has 1 heterocycles. The van der Waals surface area contributed by atoms with Crippen LogP contribution in [0.5, 0.6) is 5.75 Å². The average molecular weight is 273 g/mol. The number of hydrogen-bond acceptors (Lipinski definition) is 4. The van der Waals surface area contributed by atoms with Gasteiger partial charge < -0.3 is 9.47 Å². The van der Waals surface area contributed by atoms with Gasteiger partial charge in [0.25, 0.3) is 0 Å². The van der Waals surface area contributed by atoms with Gasteiger partial charge in [-0.15, -0.1) is 0 Å². The van der Waals surface area contributed by atoms with Crippen LogP contribution in [-0.2, 0) is 4.74 Å². The van der Waals surface area contributed by atoms with Crippen LogP contribution < -0.4 is 10.1 Å². The molecule has 0 radical (unpaired) electrons. The summed E-state index contributed by atoms with van der Waals surface area (Å²) in [6, 6.07) is 1.51. The van der Waals surface area contributed by atoms with E-state index in [-0.39, 0.29) is 0 Å². The molecule has 0 saturated heterocycles. The first kappa shape index (κ1) is 14.6. The first-order valence-corrected chi connectivity index (χ1v) is 5.98. The average Bonchev–Trinajstić information content (AvgIpc) is 2.19. The molecular formula is C12H17ClN2O3. The SMILES string of the molecule is CCOc1cnc(NC(=O)OC(C)(C)C)cc1Cl. The second-order valence-corrected chi connectivity index (χ2v) is 4.97. The van der Waals surface area contributed by atoms with E-state index in [9.17, 15) is 4.79 Å². The van der Waals surface area contributed by atoms with Crippen LogP contribution in [0.1, 0.15) is 27.7 Å². The highest BCUT2D eigenvalue weighted by Gasteiger charge is 2.16. The van der Waals surface area contributed by atoms with Crippen molar-refractivity contribution in [3.05, 3.63) is 17.3 Å². The molecule has 0 saturated carbocycles. The first-order valence-electron chi connectivity index (χ1n) is 5.60. The predicted octanol–water partition coefficient (Wildman–Crippen LogP) is 3.48. The number of nitrogens with one attached hydrogen (secondary N) is 1. The van der Waals surface area contributed by atoms with Crippen LogP contribution in [0.4, 0.5) is 10.6 Å². The summed E-state index contributed by atoms with van der Waals surface area (Å²) in [6.45, 7) is 7.70. The van der Waals surface area contributed by atoms with Crippen LogP contribution in [-0.4, -0.2) is 23.3 Å². The Balaban J connectivity index is 2.69. The summed E-state index contributed by atoms with van der Waals surface area (Å²) < 4.78 is 10.3. The topological polar surface area (TPSA) is 60.5 Å². The van der Waals surface area contributed by atoms with E-state index >= 15 is 0 Å². The number of ether oxygens (including phenoxy) is 2. The highest BCUT2D eigenvalue weighted by Crippen LogP contribution is 2.25. The van der Waals surface area contributed by atoms with Gasteiger partial charge >= 0.3 is 6.09 Å². The minimum Gasteiger partial charge on any atom is -0.491 e. The number of amides is 1. The van der Waals surface area contributed by atoms with Crippen LogP contribution in [0.25, 0.3) is 0 Å². The molecule has 100 valence electrons. The lowest BCUT2D eigenvalue weighted by atomic mass is 10.2. The van der Waals surface area contributed by atoms with Gasteiger partial charge in [-0.2, -0.15) is 0 Å².